The van der Waals surface area contributed by atoms with Crippen LogP contribution in [0.3, 0.4) is 0 Å². The van der Waals surface area contributed by atoms with E-state index >= 15 is 0 Å². The molecular formula is C39H34N6Na6O34S8. The van der Waals surface area contributed by atoms with Gasteiger partial charge in [0.05, 0.1) is 16.6 Å². The van der Waals surface area contributed by atoms with Gasteiger partial charge in [0.15, 0.2) is 22.2 Å². The Morgan fingerprint density at radius 3 is 1.59 bits per heavy atom. The van der Waals surface area contributed by atoms with Gasteiger partial charge in [0.25, 0.3) is 16.6 Å². The molecule has 0 spiro atoms. The maximum absolute atomic E-state index is 11.6. The topological polar surface area (TPSA) is 619 Å². The van der Waals surface area contributed by atoms with E-state index in [9.17, 15) is 62.9 Å². The second kappa shape index (κ2) is 54.5. The first-order valence-electron chi connectivity index (χ1n) is 20.0. The molecule has 6 aromatic carbocycles. The maximum atomic E-state index is 11.6. The number of fused-ring (bicyclic) bond motifs is 2. The zero-order valence-corrected chi connectivity index (χ0v) is 66.1. The molecule has 0 bridgehead atoms. The first kappa shape index (κ1) is 107. The maximum Gasteiger partial charge on any atom is 1.00 e. The van der Waals surface area contributed by atoms with Gasteiger partial charge in [-0.2, -0.15) is 35.3 Å². The van der Waals surface area contributed by atoms with Gasteiger partial charge in [-0.3, -0.25) is 18.9 Å². The van der Waals surface area contributed by atoms with Crippen molar-refractivity contribution < 1.29 is 275 Å². The molecule has 40 nitrogen and oxygen atoms in total. The van der Waals surface area contributed by atoms with Gasteiger partial charge in [0.1, 0.15) is 53.7 Å². The Labute approximate surface area is 676 Å². The molecule has 7 N–H and O–H groups in total. The molecule has 54 heteroatoms. The molecule has 0 heterocycles. The summed E-state index contributed by atoms with van der Waals surface area (Å²) >= 11 is 7.02. The Hall–Kier alpha value is -2.36. The van der Waals surface area contributed by atoms with Crippen LogP contribution in [0, 0.1) is 11.5 Å². The Morgan fingerprint density at radius 2 is 1.16 bits per heavy atom. The van der Waals surface area contributed by atoms with E-state index in [2.05, 4.69) is 113 Å². The van der Waals surface area contributed by atoms with Crippen LogP contribution in [0.4, 0.5) is 28.4 Å². The van der Waals surface area contributed by atoms with E-state index in [1.807, 2.05) is 0 Å². The van der Waals surface area contributed by atoms with Crippen molar-refractivity contribution in [1.29, 1.82) is 5.39 Å². The molecular weight excluding hydrogens is 1490 g/mol. The number of hydrogen-bond donors (Lipinski definition) is 8. The van der Waals surface area contributed by atoms with E-state index < -0.39 is 96.0 Å². The van der Waals surface area contributed by atoms with Gasteiger partial charge in [0, 0.05) is 151 Å². The van der Waals surface area contributed by atoms with Crippen LogP contribution in [0.2, 0.25) is 0 Å². The minimum absolute atomic E-state index is 0. The molecule has 0 fully saturated rings. The molecule has 2 amide bonds. The van der Waals surface area contributed by atoms with Crippen molar-refractivity contribution in [3.05, 3.63) is 89.9 Å². The predicted octanol–water partition coefficient (Wildman–Crippen LogP) is -10.2. The number of aromatic hydroxyl groups is 2. The Morgan fingerprint density at radius 1 is 0.710 bits per heavy atom. The third-order valence-corrected chi connectivity index (χ3v) is 11.4. The number of nitrogens with one attached hydrogen (secondary N) is 2. The van der Waals surface area contributed by atoms with Crippen molar-refractivity contribution in [2.45, 2.75) is 36.0 Å². The zero-order valence-electron chi connectivity index (χ0n) is 47.3. The fraction of sp³-hybridized carbons (Fsp3) is 0.0769. The van der Waals surface area contributed by atoms with Crippen LogP contribution in [0.25, 0.3) is 26.5 Å². The molecule has 6 aromatic rings. The number of nitrogens with zero attached hydrogens (tertiary/aromatic N) is 4. The Kier molecular flexibility index (Phi) is 62.5. The average molecular weight is 1530 g/mol. The van der Waals surface area contributed by atoms with E-state index in [1.165, 1.54) is 31.2 Å². The fourth-order valence-corrected chi connectivity index (χ4v) is 7.67. The van der Waals surface area contributed by atoms with E-state index in [4.69, 9.17) is 52.0 Å². The van der Waals surface area contributed by atoms with Gasteiger partial charge in [0.2, 0.25) is 17.2 Å². The average Bonchev–Trinajstić information content (AvgIpc) is 1.10. The third kappa shape index (κ3) is 40.3. The molecule has 0 aromatic heterocycles. The number of amides is 2. The number of phenolic OH excluding ortho intramolecular Hbond substituents is 2. The van der Waals surface area contributed by atoms with Gasteiger partial charge < -0.3 is 69.0 Å². The molecule has 0 aliphatic carbocycles. The number of benzene rings is 6. The first-order valence-corrected chi connectivity index (χ1v) is 27.3. The number of phenols is 2. The largest absolute Gasteiger partial charge is 1.00 e. The quantitative estimate of drug-likeness (QED) is 0.00319. The smallest absolute Gasteiger partial charge is 0.744 e. The minimum Gasteiger partial charge on any atom is -0.744 e. The fourth-order valence-electron chi connectivity index (χ4n) is 5.66. The summed E-state index contributed by atoms with van der Waals surface area (Å²) in [5.74, 6) is -2.39. The molecule has 2 radical (unpaired) electrons. The number of hydrogen-bond acceptors (Lipinski definition) is 38. The van der Waals surface area contributed by atoms with Crippen LogP contribution in [0.5, 0.6) is 34.5 Å². The Balaban J connectivity index is -0.000000181. The minimum atomic E-state index is -4.86. The van der Waals surface area contributed by atoms with E-state index in [-0.39, 0.29) is 270 Å². The Bertz CT molecular complexity index is 3990. The van der Waals surface area contributed by atoms with Crippen molar-refractivity contribution >= 4 is 225 Å². The second-order valence-corrected chi connectivity index (χ2v) is 19.3. The van der Waals surface area contributed by atoms with Crippen molar-refractivity contribution in [2.24, 2.45) is 10.2 Å². The summed E-state index contributed by atoms with van der Waals surface area (Å²) in [4.78, 5) is 65.1. The summed E-state index contributed by atoms with van der Waals surface area (Å²) in [6.45, 7) is 2.15. The van der Waals surface area contributed by atoms with Gasteiger partial charge in [-0.1, -0.05) is 18.9 Å². The molecule has 93 heavy (non-hydrogen) atoms. The van der Waals surface area contributed by atoms with Crippen molar-refractivity contribution in [1.82, 2.24) is 0 Å². The molecule has 1 atom stereocenters. The van der Waals surface area contributed by atoms with Crippen LogP contribution in [-0.2, 0) is 109 Å². The number of anilines is 2. The summed E-state index contributed by atoms with van der Waals surface area (Å²) in [7, 11) is -17.3. The standard InChI is InChI=1S/C18H14N3O11S3.C12H11NO8S2.C6H4N2O6S2.CH2O3.CO2.CH4.6Na.O3S.H2O/c1-9(22)19-15-8-12(35(24,25)26)6-10-2-4-13(18(23)17(10)15)20-21-14-7-11(27-29-31-33)3-5-16(14)28-30-32-34;1-6(14)13-10-5-9(23(18,19)20)3-7-2-8(21-22(16)17)4-11(15)12(7)10;7-8-5-3-4(12-13-14-15)1-2-6(5)16(9,10)11;2-1-4-3;2-1-3;;;;;;;;1-4(2)3;/h2-3,5-8,23,33-34H,1H3,(H,19,22)(H,24,25,26);2-5,15H,1H3,(H,13,14)(H,16,17)(H,18,19,20);1-3H,(H-,9,10,11,15);1,3H;;1H4;;;;;;;;1H2/q-1;;;;;;;;4*+1;;/p-3. The number of diazo groups is 1. The molecule has 0 aliphatic heterocycles. The normalized spacial score (nSPS) is 9.99. The third-order valence-electron chi connectivity index (χ3n) is 8.33. The number of rotatable bonds is 19. The summed E-state index contributed by atoms with van der Waals surface area (Å²) < 4.78 is 161. The molecule has 0 saturated heterocycles. The van der Waals surface area contributed by atoms with Crippen LogP contribution < -0.4 is 153 Å². The van der Waals surface area contributed by atoms with Crippen LogP contribution in [0.15, 0.2) is 104 Å². The summed E-state index contributed by atoms with van der Waals surface area (Å²) in [6.07, 6.45) is 0.250. The number of carbonyl (C=O) groups is 3. The van der Waals surface area contributed by atoms with Crippen molar-refractivity contribution in [3.63, 3.8) is 0 Å². The zero-order chi connectivity index (χ0) is 64.8. The SMILES string of the molecule is C.CC(=O)Nc1cc(S(=O)(=O)O)cc2cc(OS(=O)[O-])cc(O)c12.CC(=O)Nc1cc(S(=O)(=O)[O-])cc2c[c-]c(N=Nc3cc(OOOS)ccc3OOOS)c(O)c12.N#[N+]c1cc(OOOS)ccc1S(=O)(=O)[O-].O.O=C=O.O=CO[O-].O=S(=O)=O.[Na+].[Na+].[Na+].[Na+].[Na].[Na]. The number of carbonyl (C=O) groups excluding carboxylic acids is 5. The van der Waals surface area contributed by atoms with Gasteiger partial charge in [-0.05, 0) is 69.0 Å². The van der Waals surface area contributed by atoms with Gasteiger partial charge in [-0.15, -0.1) is 36.1 Å². The monoisotopic (exact) mass is 1520 g/mol. The van der Waals surface area contributed by atoms with E-state index in [0.29, 0.717) is 0 Å². The first-order chi connectivity index (χ1) is 39.8. The summed E-state index contributed by atoms with van der Waals surface area (Å²) in [5.41, 5.74) is -0.945. The molecule has 6 rings (SSSR count). The van der Waals surface area contributed by atoms with Crippen LogP contribution in [0.1, 0.15) is 21.3 Å². The van der Waals surface area contributed by atoms with Crippen LogP contribution >= 0.6 is 38.7 Å². The second-order valence-electron chi connectivity index (χ2n) is 13.7. The predicted molar refractivity (Wildman–Crippen MR) is 295 cm³/mol. The van der Waals surface area contributed by atoms with E-state index in [0.717, 1.165) is 61.5 Å². The molecule has 0 aliphatic rings. The van der Waals surface area contributed by atoms with Gasteiger partial charge in [-0.25, -0.2) is 21.0 Å². The molecule has 1 unspecified atom stereocenters. The van der Waals surface area contributed by atoms with Crippen molar-refractivity contribution in [2.75, 3.05) is 10.6 Å². The molecule has 0 saturated carbocycles. The number of azo groups is 1. The molecule has 478 valence electrons. The van der Waals surface area contributed by atoms with Gasteiger partial charge >= 0.3 is 141 Å². The van der Waals surface area contributed by atoms with Crippen molar-refractivity contribution in [3.8, 4) is 34.5 Å². The summed E-state index contributed by atoms with van der Waals surface area (Å²) in [5, 5.41) is 62.9. The number of thiol groups is 3. The van der Waals surface area contributed by atoms with E-state index in [1.54, 1.807) is 0 Å². The summed E-state index contributed by atoms with van der Waals surface area (Å²) in [6, 6.07) is 16.8. The van der Waals surface area contributed by atoms with Crippen LogP contribution in [-0.4, -0.2) is 160 Å².